The zero-order valence-electron chi connectivity index (χ0n) is 16.1. The summed E-state index contributed by atoms with van der Waals surface area (Å²) < 4.78 is 9.97. The minimum Gasteiger partial charge on any atom is -0.496 e. The first-order valence-electron chi connectivity index (χ1n) is 8.68. The van der Waals surface area contributed by atoms with E-state index in [0.29, 0.717) is 0 Å². The van der Waals surface area contributed by atoms with Crippen molar-refractivity contribution in [2.45, 2.75) is 13.8 Å². The highest BCUT2D eigenvalue weighted by atomic mass is 16.6. The van der Waals surface area contributed by atoms with Crippen molar-refractivity contribution in [1.82, 2.24) is 4.98 Å². The number of amides is 1. The van der Waals surface area contributed by atoms with E-state index in [-0.39, 0.29) is 22.8 Å². The average molecular weight is 397 g/mol. The standard InChI is InChI=1S/C20H19N3O6/c1-11-6-12(2)14-9-17(21-16(14)7-11)20(25)29-10-19(24)22-15-5-4-13(28-3)8-18(15)23(26)27/h4-9,21H,10H2,1-3H3,(H,22,24). The van der Waals surface area contributed by atoms with Crippen LogP contribution in [0.5, 0.6) is 5.75 Å². The number of hydrogen-bond acceptors (Lipinski definition) is 6. The van der Waals surface area contributed by atoms with Crippen LogP contribution in [0.25, 0.3) is 10.9 Å². The molecule has 0 radical (unpaired) electrons. The summed E-state index contributed by atoms with van der Waals surface area (Å²) in [7, 11) is 1.38. The summed E-state index contributed by atoms with van der Waals surface area (Å²) in [6.45, 7) is 3.30. The lowest BCUT2D eigenvalue weighted by Crippen LogP contribution is -2.21. The maximum Gasteiger partial charge on any atom is 0.355 e. The number of H-pyrrole nitrogens is 1. The maximum absolute atomic E-state index is 12.3. The summed E-state index contributed by atoms with van der Waals surface area (Å²) in [5.41, 5.74) is 2.74. The topological polar surface area (TPSA) is 124 Å². The number of esters is 1. The number of rotatable bonds is 6. The van der Waals surface area contributed by atoms with Crippen LogP contribution in [0.1, 0.15) is 21.6 Å². The number of aryl methyl sites for hydroxylation is 2. The lowest BCUT2D eigenvalue weighted by Gasteiger charge is -2.08. The first-order chi connectivity index (χ1) is 13.8. The van der Waals surface area contributed by atoms with Crippen molar-refractivity contribution in [3.8, 4) is 5.75 Å². The van der Waals surface area contributed by atoms with Crippen molar-refractivity contribution in [3.63, 3.8) is 0 Å². The summed E-state index contributed by atoms with van der Waals surface area (Å²) in [4.78, 5) is 37.9. The van der Waals surface area contributed by atoms with Crippen molar-refractivity contribution in [3.05, 3.63) is 63.3 Å². The van der Waals surface area contributed by atoms with Gasteiger partial charge in [0.15, 0.2) is 6.61 Å². The fourth-order valence-corrected chi connectivity index (χ4v) is 3.00. The molecule has 150 valence electrons. The van der Waals surface area contributed by atoms with Gasteiger partial charge in [0.1, 0.15) is 17.1 Å². The summed E-state index contributed by atoms with van der Waals surface area (Å²) in [5, 5.41) is 14.4. The van der Waals surface area contributed by atoms with Crippen LogP contribution in [0.4, 0.5) is 11.4 Å². The van der Waals surface area contributed by atoms with E-state index in [1.807, 2.05) is 26.0 Å². The van der Waals surface area contributed by atoms with Gasteiger partial charge in [-0.3, -0.25) is 14.9 Å². The zero-order chi connectivity index (χ0) is 21.1. The summed E-state index contributed by atoms with van der Waals surface area (Å²) in [5.74, 6) is -1.11. The van der Waals surface area contributed by atoms with Gasteiger partial charge in [0.25, 0.3) is 11.6 Å². The van der Waals surface area contributed by atoms with Crippen LogP contribution >= 0.6 is 0 Å². The van der Waals surface area contributed by atoms with E-state index in [0.717, 1.165) is 22.0 Å². The average Bonchev–Trinajstić information content (AvgIpc) is 3.10. The van der Waals surface area contributed by atoms with E-state index in [4.69, 9.17) is 9.47 Å². The van der Waals surface area contributed by atoms with Gasteiger partial charge in [0.2, 0.25) is 0 Å². The molecule has 0 saturated heterocycles. The fraction of sp³-hybridized carbons (Fsp3) is 0.200. The van der Waals surface area contributed by atoms with Gasteiger partial charge in [-0.25, -0.2) is 4.79 Å². The monoisotopic (exact) mass is 397 g/mol. The van der Waals surface area contributed by atoms with E-state index in [1.54, 1.807) is 6.07 Å². The molecule has 9 heteroatoms. The number of ether oxygens (including phenoxy) is 2. The Balaban J connectivity index is 1.67. The number of fused-ring (bicyclic) bond motifs is 1. The number of aromatic nitrogens is 1. The second-order valence-electron chi connectivity index (χ2n) is 6.49. The third-order valence-corrected chi connectivity index (χ3v) is 4.32. The quantitative estimate of drug-likeness (QED) is 0.373. The molecule has 1 heterocycles. The van der Waals surface area contributed by atoms with E-state index >= 15 is 0 Å². The van der Waals surface area contributed by atoms with E-state index in [1.165, 1.54) is 25.3 Å². The van der Waals surface area contributed by atoms with Crippen molar-refractivity contribution >= 4 is 34.2 Å². The Hall–Kier alpha value is -3.88. The Bertz CT molecular complexity index is 1120. The molecule has 1 aromatic heterocycles. The van der Waals surface area contributed by atoms with E-state index in [9.17, 15) is 19.7 Å². The second kappa shape index (κ2) is 8.01. The normalized spacial score (nSPS) is 10.6. The van der Waals surface area contributed by atoms with Crippen molar-refractivity contribution in [2.24, 2.45) is 0 Å². The highest BCUT2D eigenvalue weighted by molar-refractivity contribution is 5.99. The van der Waals surface area contributed by atoms with Gasteiger partial charge in [-0.05, 0) is 49.2 Å². The van der Waals surface area contributed by atoms with Crippen LogP contribution in [0.2, 0.25) is 0 Å². The van der Waals surface area contributed by atoms with Gasteiger partial charge in [-0.2, -0.15) is 0 Å². The summed E-state index contributed by atoms with van der Waals surface area (Å²) >= 11 is 0. The van der Waals surface area contributed by atoms with E-state index < -0.39 is 23.4 Å². The van der Waals surface area contributed by atoms with Gasteiger partial charge in [0, 0.05) is 10.9 Å². The Morgan fingerprint density at radius 3 is 2.62 bits per heavy atom. The fourth-order valence-electron chi connectivity index (χ4n) is 3.00. The highest BCUT2D eigenvalue weighted by Crippen LogP contribution is 2.29. The third-order valence-electron chi connectivity index (χ3n) is 4.32. The number of benzene rings is 2. The van der Waals surface area contributed by atoms with Crippen molar-refractivity contribution < 1.29 is 24.0 Å². The molecule has 29 heavy (non-hydrogen) atoms. The lowest BCUT2D eigenvalue weighted by atomic mass is 10.1. The number of carbonyl (C=O) groups is 2. The summed E-state index contributed by atoms with van der Waals surface area (Å²) in [6.07, 6.45) is 0. The molecule has 0 aliphatic heterocycles. The maximum atomic E-state index is 12.3. The first kappa shape index (κ1) is 19.9. The van der Waals surface area contributed by atoms with Crippen LogP contribution in [-0.4, -0.2) is 35.5 Å². The van der Waals surface area contributed by atoms with Gasteiger partial charge in [-0.1, -0.05) is 6.07 Å². The Morgan fingerprint density at radius 2 is 1.93 bits per heavy atom. The number of anilines is 1. The Kier molecular flexibility index (Phi) is 5.49. The lowest BCUT2D eigenvalue weighted by molar-refractivity contribution is -0.384. The molecule has 3 aromatic rings. The number of hydrogen-bond donors (Lipinski definition) is 2. The number of nitrogens with zero attached hydrogens (tertiary/aromatic N) is 1. The number of aromatic amines is 1. The van der Waals surface area contributed by atoms with E-state index in [2.05, 4.69) is 10.3 Å². The Morgan fingerprint density at radius 1 is 1.17 bits per heavy atom. The number of nitro groups is 1. The molecule has 1 amide bonds. The smallest absolute Gasteiger partial charge is 0.355 e. The molecule has 0 aliphatic rings. The van der Waals surface area contributed by atoms with Crippen LogP contribution in [0.3, 0.4) is 0 Å². The van der Waals surface area contributed by atoms with Crippen LogP contribution in [0.15, 0.2) is 36.4 Å². The molecule has 0 saturated carbocycles. The molecular formula is C20H19N3O6. The number of nitro benzene ring substituents is 1. The first-order valence-corrected chi connectivity index (χ1v) is 8.68. The molecule has 0 fully saturated rings. The molecule has 0 aliphatic carbocycles. The molecular weight excluding hydrogens is 378 g/mol. The van der Waals surface area contributed by atoms with Gasteiger partial charge >= 0.3 is 5.97 Å². The molecule has 0 atom stereocenters. The molecule has 9 nitrogen and oxygen atoms in total. The third kappa shape index (κ3) is 4.34. The highest BCUT2D eigenvalue weighted by Gasteiger charge is 2.19. The summed E-state index contributed by atoms with van der Waals surface area (Å²) in [6, 6.07) is 9.59. The minimum absolute atomic E-state index is 0.0199. The predicted molar refractivity (Wildman–Crippen MR) is 106 cm³/mol. The predicted octanol–water partition coefficient (Wildman–Crippen LogP) is 3.50. The largest absolute Gasteiger partial charge is 0.496 e. The number of nitrogens with one attached hydrogen (secondary N) is 2. The van der Waals surface area contributed by atoms with Gasteiger partial charge in [0.05, 0.1) is 18.1 Å². The molecule has 0 bridgehead atoms. The van der Waals surface area contributed by atoms with Crippen LogP contribution < -0.4 is 10.1 Å². The van der Waals surface area contributed by atoms with Crippen molar-refractivity contribution in [1.29, 1.82) is 0 Å². The molecule has 2 N–H and O–H groups in total. The van der Waals surface area contributed by atoms with Crippen LogP contribution in [-0.2, 0) is 9.53 Å². The molecule has 0 unspecified atom stereocenters. The number of methoxy groups -OCH3 is 1. The molecule has 2 aromatic carbocycles. The second-order valence-corrected chi connectivity index (χ2v) is 6.49. The van der Waals surface area contributed by atoms with Gasteiger partial charge in [-0.15, -0.1) is 0 Å². The number of carbonyl (C=O) groups excluding carboxylic acids is 2. The Labute approximate surface area is 165 Å². The molecule has 3 rings (SSSR count). The van der Waals surface area contributed by atoms with Crippen molar-refractivity contribution in [2.75, 3.05) is 19.0 Å². The zero-order valence-corrected chi connectivity index (χ0v) is 16.1. The molecule has 0 spiro atoms. The van der Waals surface area contributed by atoms with Crippen LogP contribution in [0, 0.1) is 24.0 Å². The SMILES string of the molecule is COc1ccc(NC(=O)COC(=O)c2cc3c(C)cc(C)cc3[nH]2)c([N+](=O)[O-])c1. The minimum atomic E-state index is -0.699. The van der Waals surface area contributed by atoms with Gasteiger partial charge < -0.3 is 19.8 Å².